The van der Waals surface area contributed by atoms with Gasteiger partial charge in [-0.3, -0.25) is 4.79 Å². The van der Waals surface area contributed by atoms with E-state index in [9.17, 15) is 4.79 Å². The predicted octanol–water partition coefficient (Wildman–Crippen LogP) is 2.18. The normalized spacial score (nSPS) is 22.5. The molecule has 98 valence electrons. The molecule has 0 aromatic heterocycles. The summed E-state index contributed by atoms with van der Waals surface area (Å²) in [5, 5.41) is 0. The molecule has 0 spiro atoms. The molecule has 1 aliphatic heterocycles. The fraction of sp³-hybridized carbons (Fsp3) is 0.786. The van der Waals surface area contributed by atoms with Crippen LogP contribution in [0.4, 0.5) is 0 Å². The van der Waals surface area contributed by atoms with Crippen LogP contribution in [0.3, 0.4) is 0 Å². The van der Waals surface area contributed by atoms with E-state index >= 15 is 0 Å². The smallest absolute Gasteiger partial charge is 0.222 e. The largest absolute Gasteiger partial charge is 0.339 e. The maximum absolute atomic E-state index is 12.0. The molecule has 1 saturated heterocycles. The summed E-state index contributed by atoms with van der Waals surface area (Å²) in [4.78, 5) is 13.9. The fourth-order valence-electron chi connectivity index (χ4n) is 2.40. The number of carbonyl (C=O) groups is 1. The van der Waals surface area contributed by atoms with E-state index in [4.69, 9.17) is 5.73 Å². The number of nitrogens with two attached hydrogens (primary N) is 1. The van der Waals surface area contributed by atoms with Gasteiger partial charge in [-0.1, -0.05) is 27.4 Å². The highest BCUT2D eigenvalue weighted by molar-refractivity contribution is 5.76. The van der Waals surface area contributed by atoms with Crippen LogP contribution in [0, 0.1) is 11.3 Å². The lowest BCUT2D eigenvalue weighted by molar-refractivity contribution is -0.130. The summed E-state index contributed by atoms with van der Waals surface area (Å²) in [5.74, 6) is 0.883. The second-order valence-electron chi connectivity index (χ2n) is 6.16. The molecule has 0 radical (unpaired) electrons. The van der Waals surface area contributed by atoms with E-state index in [-0.39, 0.29) is 5.91 Å². The predicted molar refractivity (Wildman–Crippen MR) is 71.6 cm³/mol. The Morgan fingerprint density at radius 3 is 2.65 bits per heavy atom. The molecule has 0 saturated carbocycles. The molecule has 2 N–H and O–H groups in total. The summed E-state index contributed by atoms with van der Waals surface area (Å²) in [5.41, 5.74) is 6.76. The van der Waals surface area contributed by atoms with Crippen LogP contribution in [0.25, 0.3) is 0 Å². The summed E-state index contributed by atoms with van der Waals surface area (Å²) in [7, 11) is 0. The SMILES string of the molecule is C=C(CN)CN1CCC(C(C)(C)C)CCC1=O. The number of carbonyl (C=O) groups excluding carboxylic acids is 1. The van der Waals surface area contributed by atoms with Crippen molar-refractivity contribution in [2.45, 2.75) is 40.0 Å². The van der Waals surface area contributed by atoms with E-state index in [1.807, 2.05) is 4.90 Å². The zero-order chi connectivity index (χ0) is 13.1. The number of hydrogen-bond acceptors (Lipinski definition) is 2. The van der Waals surface area contributed by atoms with Gasteiger partial charge in [-0.05, 0) is 29.7 Å². The molecule has 0 aliphatic carbocycles. The molecule has 0 aromatic carbocycles. The zero-order valence-corrected chi connectivity index (χ0v) is 11.5. The molecule has 1 rings (SSSR count). The average molecular weight is 238 g/mol. The number of likely N-dealkylation sites (tertiary alicyclic amines) is 1. The second-order valence-corrected chi connectivity index (χ2v) is 6.16. The van der Waals surface area contributed by atoms with Gasteiger partial charge in [0.2, 0.25) is 5.91 Å². The molecule has 17 heavy (non-hydrogen) atoms. The Morgan fingerprint density at radius 2 is 2.12 bits per heavy atom. The van der Waals surface area contributed by atoms with Gasteiger partial charge in [0.15, 0.2) is 0 Å². The van der Waals surface area contributed by atoms with E-state index < -0.39 is 0 Å². The van der Waals surface area contributed by atoms with E-state index in [0.717, 1.165) is 25.0 Å². The summed E-state index contributed by atoms with van der Waals surface area (Å²) < 4.78 is 0. The Balaban J connectivity index is 2.61. The van der Waals surface area contributed by atoms with Crippen LogP contribution in [-0.4, -0.2) is 30.4 Å². The first-order valence-electron chi connectivity index (χ1n) is 6.49. The lowest BCUT2D eigenvalue weighted by Gasteiger charge is -2.29. The summed E-state index contributed by atoms with van der Waals surface area (Å²) >= 11 is 0. The second kappa shape index (κ2) is 5.67. The van der Waals surface area contributed by atoms with Crippen LogP contribution in [-0.2, 0) is 4.79 Å². The van der Waals surface area contributed by atoms with Crippen molar-refractivity contribution in [3.05, 3.63) is 12.2 Å². The molecule has 0 bridgehead atoms. The summed E-state index contributed by atoms with van der Waals surface area (Å²) in [6, 6.07) is 0. The third-order valence-corrected chi connectivity index (χ3v) is 3.73. The van der Waals surface area contributed by atoms with Gasteiger partial charge < -0.3 is 10.6 Å². The van der Waals surface area contributed by atoms with E-state index in [0.29, 0.717) is 30.8 Å². The minimum Gasteiger partial charge on any atom is -0.339 e. The Kier molecular flexibility index (Phi) is 4.75. The summed E-state index contributed by atoms with van der Waals surface area (Å²) in [6.07, 6.45) is 2.76. The number of rotatable bonds is 3. The van der Waals surface area contributed by atoms with Gasteiger partial charge in [0.1, 0.15) is 0 Å². The quantitative estimate of drug-likeness (QED) is 0.766. The van der Waals surface area contributed by atoms with Crippen LogP contribution in [0.1, 0.15) is 40.0 Å². The molecule has 1 fully saturated rings. The standard InChI is InChI=1S/C14H26N2O/c1-11(9-15)10-16-8-7-12(14(2,3)4)5-6-13(16)17/h12H,1,5-10,15H2,2-4H3. The third kappa shape index (κ3) is 4.15. The molecule has 3 heteroatoms. The van der Waals surface area contributed by atoms with E-state index in [1.54, 1.807) is 0 Å². The van der Waals surface area contributed by atoms with Crippen molar-refractivity contribution in [2.24, 2.45) is 17.1 Å². The highest BCUT2D eigenvalue weighted by Gasteiger charge is 2.29. The van der Waals surface area contributed by atoms with Crippen LogP contribution in [0.15, 0.2) is 12.2 Å². The van der Waals surface area contributed by atoms with Crippen molar-refractivity contribution in [3.8, 4) is 0 Å². The van der Waals surface area contributed by atoms with Gasteiger partial charge in [-0.2, -0.15) is 0 Å². The van der Waals surface area contributed by atoms with Gasteiger partial charge in [0.25, 0.3) is 0 Å². The van der Waals surface area contributed by atoms with Gasteiger partial charge in [-0.15, -0.1) is 0 Å². The Hall–Kier alpha value is -0.830. The van der Waals surface area contributed by atoms with Crippen molar-refractivity contribution < 1.29 is 4.79 Å². The van der Waals surface area contributed by atoms with Crippen LogP contribution in [0.5, 0.6) is 0 Å². The van der Waals surface area contributed by atoms with Crippen LogP contribution in [0.2, 0.25) is 0 Å². The summed E-state index contributed by atoms with van der Waals surface area (Å²) in [6.45, 7) is 12.6. The van der Waals surface area contributed by atoms with Crippen molar-refractivity contribution >= 4 is 5.91 Å². The molecule has 0 aromatic rings. The Labute approximate surface area is 105 Å². The number of amides is 1. The minimum atomic E-state index is 0.256. The van der Waals surface area contributed by atoms with Gasteiger partial charge in [0, 0.05) is 26.1 Å². The molecule has 3 nitrogen and oxygen atoms in total. The van der Waals surface area contributed by atoms with Crippen molar-refractivity contribution in [1.29, 1.82) is 0 Å². The number of nitrogens with zero attached hydrogens (tertiary/aromatic N) is 1. The molecular weight excluding hydrogens is 212 g/mol. The highest BCUT2D eigenvalue weighted by Crippen LogP contribution is 2.34. The first-order valence-corrected chi connectivity index (χ1v) is 6.49. The van der Waals surface area contributed by atoms with Crippen molar-refractivity contribution in [3.63, 3.8) is 0 Å². The first kappa shape index (κ1) is 14.2. The minimum absolute atomic E-state index is 0.256. The average Bonchev–Trinajstić information content (AvgIpc) is 2.41. The van der Waals surface area contributed by atoms with E-state index in [1.165, 1.54) is 0 Å². The third-order valence-electron chi connectivity index (χ3n) is 3.73. The van der Waals surface area contributed by atoms with Crippen molar-refractivity contribution in [1.82, 2.24) is 4.90 Å². The maximum atomic E-state index is 12.0. The van der Waals surface area contributed by atoms with Gasteiger partial charge >= 0.3 is 0 Å². The molecule has 1 unspecified atom stereocenters. The van der Waals surface area contributed by atoms with Crippen molar-refractivity contribution in [2.75, 3.05) is 19.6 Å². The monoisotopic (exact) mass is 238 g/mol. The topological polar surface area (TPSA) is 46.3 Å². The zero-order valence-electron chi connectivity index (χ0n) is 11.5. The van der Waals surface area contributed by atoms with Crippen LogP contribution < -0.4 is 5.73 Å². The molecular formula is C14H26N2O. The lowest BCUT2D eigenvalue weighted by atomic mass is 9.77. The Morgan fingerprint density at radius 1 is 1.47 bits per heavy atom. The van der Waals surface area contributed by atoms with Gasteiger partial charge in [-0.25, -0.2) is 0 Å². The van der Waals surface area contributed by atoms with Crippen LogP contribution >= 0.6 is 0 Å². The molecule has 1 aliphatic rings. The first-order chi connectivity index (χ1) is 7.84. The molecule has 1 heterocycles. The van der Waals surface area contributed by atoms with E-state index in [2.05, 4.69) is 27.4 Å². The Bertz CT molecular complexity index is 291. The van der Waals surface area contributed by atoms with Gasteiger partial charge in [0.05, 0.1) is 0 Å². The maximum Gasteiger partial charge on any atom is 0.222 e. The lowest BCUT2D eigenvalue weighted by Crippen LogP contribution is -2.33. The fourth-order valence-corrected chi connectivity index (χ4v) is 2.40. The highest BCUT2D eigenvalue weighted by atomic mass is 16.2. The number of hydrogen-bond donors (Lipinski definition) is 1. The molecule has 1 amide bonds. The molecule has 1 atom stereocenters.